The Kier molecular flexibility index (Phi) is 2.02. The van der Waals surface area contributed by atoms with Gasteiger partial charge in [-0.1, -0.05) is 12.2 Å². The molecule has 0 heterocycles. The predicted octanol–water partition coefficient (Wildman–Crippen LogP) is 2.79. The molecule has 0 aliphatic heterocycles. The van der Waals surface area contributed by atoms with Gasteiger partial charge >= 0.3 is 5.97 Å². The summed E-state index contributed by atoms with van der Waals surface area (Å²) in [5.41, 5.74) is -0.338. The normalized spacial score (nSPS) is 44.1. The highest BCUT2D eigenvalue weighted by atomic mass is 16.6. The summed E-state index contributed by atoms with van der Waals surface area (Å²) in [6.07, 6.45) is 7.03. The van der Waals surface area contributed by atoms with Crippen molar-refractivity contribution in [3.8, 4) is 0 Å². The third kappa shape index (κ3) is 1.42. The van der Waals surface area contributed by atoms with Gasteiger partial charge in [0.15, 0.2) is 0 Å². The third-order valence-electron chi connectivity index (χ3n) is 4.39. The van der Waals surface area contributed by atoms with Crippen LogP contribution in [0.5, 0.6) is 0 Å². The Morgan fingerprint density at radius 1 is 1.19 bits per heavy atom. The van der Waals surface area contributed by atoms with Gasteiger partial charge in [-0.3, -0.25) is 4.79 Å². The first-order chi connectivity index (χ1) is 7.46. The van der Waals surface area contributed by atoms with E-state index < -0.39 is 0 Å². The van der Waals surface area contributed by atoms with E-state index in [0.717, 1.165) is 18.3 Å². The highest BCUT2D eigenvalue weighted by Gasteiger charge is 2.58. The summed E-state index contributed by atoms with van der Waals surface area (Å²) in [5.74, 6) is 3.05. The second-order valence-corrected chi connectivity index (χ2v) is 6.57. The number of allylic oxidation sites excluding steroid dienone is 2. The molecule has 16 heavy (non-hydrogen) atoms. The Balaban J connectivity index is 1.67. The molecule has 5 unspecified atom stereocenters. The average Bonchev–Trinajstić information content (AvgIpc) is 2.55. The molecule has 3 rings (SSSR count). The zero-order valence-corrected chi connectivity index (χ0v) is 10.3. The van der Waals surface area contributed by atoms with Crippen molar-refractivity contribution in [2.45, 2.75) is 39.2 Å². The van der Waals surface area contributed by atoms with Crippen molar-refractivity contribution in [2.24, 2.45) is 29.6 Å². The maximum atomic E-state index is 12.0. The van der Waals surface area contributed by atoms with Gasteiger partial charge in [-0.25, -0.2) is 0 Å². The fraction of sp³-hybridized carbons (Fsp3) is 0.786. The van der Waals surface area contributed by atoms with Crippen LogP contribution in [0.3, 0.4) is 0 Å². The van der Waals surface area contributed by atoms with Crippen molar-refractivity contribution in [3.05, 3.63) is 12.2 Å². The molecule has 5 atom stereocenters. The van der Waals surface area contributed by atoms with E-state index in [9.17, 15) is 4.79 Å². The van der Waals surface area contributed by atoms with E-state index in [1.807, 2.05) is 20.8 Å². The molecule has 0 aromatic heterocycles. The van der Waals surface area contributed by atoms with Crippen molar-refractivity contribution in [2.75, 3.05) is 0 Å². The van der Waals surface area contributed by atoms with E-state index in [1.54, 1.807) is 0 Å². The van der Waals surface area contributed by atoms with E-state index in [4.69, 9.17) is 4.74 Å². The molecular formula is C14H20O2. The number of fused-ring (bicyclic) bond motifs is 5. The van der Waals surface area contributed by atoms with E-state index in [0.29, 0.717) is 11.8 Å². The maximum Gasteiger partial charge on any atom is 0.309 e. The van der Waals surface area contributed by atoms with Crippen LogP contribution in [0, 0.1) is 29.6 Å². The van der Waals surface area contributed by atoms with Crippen LogP contribution in [0.15, 0.2) is 12.2 Å². The van der Waals surface area contributed by atoms with Crippen molar-refractivity contribution < 1.29 is 9.53 Å². The zero-order valence-electron chi connectivity index (χ0n) is 10.3. The SMILES string of the molecule is CC(C)(C)OC(=O)C1CC2C3C=CC(C3)C12. The van der Waals surface area contributed by atoms with Gasteiger partial charge in [0.1, 0.15) is 5.60 Å². The highest BCUT2D eigenvalue weighted by Crippen LogP contribution is 2.61. The second-order valence-electron chi connectivity index (χ2n) is 6.57. The topological polar surface area (TPSA) is 26.3 Å². The monoisotopic (exact) mass is 220 g/mol. The fourth-order valence-electron chi connectivity index (χ4n) is 3.78. The number of rotatable bonds is 1. The van der Waals surface area contributed by atoms with Gasteiger partial charge < -0.3 is 4.74 Å². The first-order valence-corrected chi connectivity index (χ1v) is 6.37. The van der Waals surface area contributed by atoms with E-state index in [-0.39, 0.29) is 17.5 Å². The molecule has 0 spiro atoms. The fourth-order valence-corrected chi connectivity index (χ4v) is 3.78. The van der Waals surface area contributed by atoms with Gasteiger partial charge in [0.05, 0.1) is 5.92 Å². The number of carbonyl (C=O) groups is 1. The van der Waals surface area contributed by atoms with Gasteiger partial charge in [0.25, 0.3) is 0 Å². The second kappa shape index (κ2) is 3.12. The maximum absolute atomic E-state index is 12.0. The van der Waals surface area contributed by atoms with Crippen molar-refractivity contribution >= 4 is 5.97 Å². The van der Waals surface area contributed by atoms with Crippen molar-refractivity contribution in [3.63, 3.8) is 0 Å². The van der Waals surface area contributed by atoms with Gasteiger partial charge in [-0.2, -0.15) is 0 Å². The number of hydrogen-bond acceptors (Lipinski definition) is 2. The van der Waals surface area contributed by atoms with Crippen molar-refractivity contribution in [1.29, 1.82) is 0 Å². The molecule has 0 amide bonds. The summed E-state index contributed by atoms with van der Waals surface area (Å²) in [4.78, 5) is 12.0. The molecule has 2 saturated carbocycles. The summed E-state index contributed by atoms with van der Waals surface area (Å²) in [7, 11) is 0. The molecule has 0 N–H and O–H groups in total. The highest BCUT2D eigenvalue weighted by molar-refractivity contribution is 5.75. The summed E-state index contributed by atoms with van der Waals surface area (Å²) in [6.45, 7) is 5.84. The molecule has 0 aromatic carbocycles. The van der Waals surface area contributed by atoms with E-state index in [2.05, 4.69) is 12.2 Å². The van der Waals surface area contributed by atoms with E-state index in [1.165, 1.54) is 6.42 Å². The minimum atomic E-state index is -0.338. The predicted molar refractivity (Wildman–Crippen MR) is 61.7 cm³/mol. The zero-order chi connectivity index (χ0) is 11.5. The first-order valence-electron chi connectivity index (χ1n) is 6.37. The summed E-state index contributed by atoms with van der Waals surface area (Å²) < 4.78 is 5.49. The summed E-state index contributed by atoms with van der Waals surface area (Å²) >= 11 is 0. The standard InChI is InChI=1S/C14H20O2/c1-14(2,3)16-13(15)11-7-10-8-4-5-9(6-8)12(10)11/h4-5,8-12H,6-7H2,1-3H3. The minimum Gasteiger partial charge on any atom is -0.460 e. The lowest BCUT2D eigenvalue weighted by Crippen LogP contribution is -2.46. The molecule has 3 aliphatic carbocycles. The molecule has 0 aromatic rings. The third-order valence-corrected chi connectivity index (χ3v) is 4.39. The number of ether oxygens (including phenoxy) is 1. The molecule has 0 radical (unpaired) electrons. The van der Waals surface area contributed by atoms with Crippen LogP contribution in [0.25, 0.3) is 0 Å². The molecule has 2 heteroatoms. The van der Waals surface area contributed by atoms with Crippen LogP contribution < -0.4 is 0 Å². The van der Waals surface area contributed by atoms with Gasteiger partial charge in [0.2, 0.25) is 0 Å². The Bertz CT molecular complexity index is 350. The molecule has 2 fully saturated rings. The molecule has 3 aliphatic rings. The van der Waals surface area contributed by atoms with Gasteiger partial charge in [-0.15, -0.1) is 0 Å². The lowest BCUT2D eigenvalue weighted by Gasteiger charge is -2.44. The van der Waals surface area contributed by atoms with Crippen molar-refractivity contribution in [1.82, 2.24) is 0 Å². The summed E-state index contributed by atoms with van der Waals surface area (Å²) in [5, 5.41) is 0. The van der Waals surface area contributed by atoms with Crippen LogP contribution in [-0.2, 0) is 9.53 Å². The van der Waals surface area contributed by atoms with Crippen LogP contribution >= 0.6 is 0 Å². The molecule has 2 bridgehead atoms. The minimum absolute atomic E-state index is 0.0368. The van der Waals surface area contributed by atoms with Crippen LogP contribution in [0.1, 0.15) is 33.6 Å². The van der Waals surface area contributed by atoms with Gasteiger partial charge in [-0.05, 0) is 57.3 Å². The summed E-state index contributed by atoms with van der Waals surface area (Å²) in [6, 6.07) is 0. The Labute approximate surface area is 97.1 Å². The number of hydrogen-bond donors (Lipinski definition) is 0. The number of esters is 1. The molecule has 2 nitrogen and oxygen atoms in total. The quantitative estimate of drug-likeness (QED) is 0.501. The Morgan fingerprint density at radius 3 is 2.50 bits per heavy atom. The number of carbonyl (C=O) groups excluding carboxylic acids is 1. The average molecular weight is 220 g/mol. The smallest absolute Gasteiger partial charge is 0.309 e. The first kappa shape index (κ1) is 10.4. The molecule has 88 valence electrons. The Hall–Kier alpha value is -0.790. The largest absolute Gasteiger partial charge is 0.460 e. The van der Waals surface area contributed by atoms with Crippen LogP contribution in [0.4, 0.5) is 0 Å². The van der Waals surface area contributed by atoms with E-state index >= 15 is 0 Å². The molecular weight excluding hydrogens is 200 g/mol. The molecule has 0 saturated heterocycles. The lowest BCUT2D eigenvalue weighted by molar-refractivity contribution is -0.170. The lowest BCUT2D eigenvalue weighted by atomic mass is 9.60. The van der Waals surface area contributed by atoms with Crippen LogP contribution in [0.2, 0.25) is 0 Å². The Morgan fingerprint density at radius 2 is 1.88 bits per heavy atom. The van der Waals surface area contributed by atoms with Gasteiger partial charge in [0, 0.05) is 0 Å². The van der Waals surface area contributed by atoms with Crippen LogP contribution in [-0.4, -0.2) is 11.6 Å².